The van der Waals surface area contributed by atoms with Crippen LogP contribution in [0.4, 0.5) is 5.82 Å². The molecule has 4 aromatic rings. The van der Waals surface area contributed by atoms with Gasteiger partial charge in [0.05, 0.1) is 16.8 Å². The first-order valence-corrected chi connectivity index (χ1v) is 8.88. The number of hydrogen-bond acceptors (Lipinski definition) is 3. The van der Waals surface area contributed by atoms with Crippen LogP contribution in [0.1, 0.15) is 15.9 Å². The van der Waals surface area contributed by atoms with Crippen molar-refractivity contribution in [3.05, 3.63) is 89.1 Å². The summed E-state index contributed by atoms with van der Waals surface area (Å²) in [6.45, 7) is 1.91. The number of amides is 1. The molecule has 1 N–H and O–H groups in total. The molecule has 0 aliphatic rings. The summed E-state index contributed by atoms with van der Waals surface area (Å²) in [6, 6.07) is 20.6. The van der Waals surface area contributed by atoms with Gasteiger partial charge < -0.3 is 5.32 Å². The van der Waals surface area contributed by atoms with Crippen molar-refractivity contribution in [1.29, 1.82) is 0 Å². The van der Waals surface area contributed by atoms with Crippen molar-refractivity contribution in [2.45, 2.75) is 6.92 Å². The van der Waals surface area contributed by atoms with Crippen LogP contribution in [-0.2, 0) is 0 Å². The van der Waals surface area contributed by atoms with E-state index in [4.69, 9.17) is 16.6 Å². The molecule has 2 heterocycles. The molecule has 0 aliphatic heterocycles. The van der Waals surface area contributed by atoms with Crippen LogP contribution in [0.25, 0.3) is 22.2 Å². The molecule has 1 amide bonds. The number of rotatable bonds is 3. The summed E-state index contributed by atoms with van der Waals surface area (Å²) in [6.07, 6.45) is 1.66. The maximum absolute atomic E-state index is 13.0. The van der Waals surface area contributed by atoms with Gasteiger partial charge in [-0.15, -0.1) is 0 Å². The number of fused-ring (bicyclic) bond motifs is 1. The number of nitrogens with zero attached hydrogens (tertiary/aromatic N) is 2. The molecule has 0 saturated carbocycles. The first-order chi connectivity index (χ1) is 13.1. The van der Waals surface area contributed by atoms with Crippen molar-refractivity contribution in [2.24, 2.45) is 0 Å². The molecule has 4 rings (SSSR count). The zero-order chi connectivity index (χ0) is 18.8. The predicted molar refractivity (Wildman–Crippen MR) is 109 cm³/mol. The second-order valence-corrected chi connectivity index (χ2v) is 6.64. The summed E-state index contributed by atoms with van der Waals surface area (Å²) < 4.78 is 0. The number of carbonyl (C=O) groups excluding carboxylic acids is 1. The third kappa shape index (κ3) is 3.52. The van der Waals surface area contributed by atoms with Crippen molar-refractivity contribution in [3.8, 4) is 11.3 Å². The van der Waals surface area contributed by atoms with E-state index in [1.54, 1.807) is 12.3 Å². The number of para-hydroxylation sites is 1. The van der Waals surface area contributed by atoms with Gasteiger partial charge in [-0.1, -0.05) is 48.0 Å². The van der Waals surface area contributed by atoms with Crippen molar-refractivity contribution < 1.29 is 4.79 Å². The van der Waals surface area contributed by atoms with E-state index in [1.165, 1.54) is 0 Å². The van der Waals surface area contributed by atoms with E-state index in [-0.39, 0.29) is 5.91 Å². The number of aromatic nitrogens is 2. The van der Waals surface area contributed by atoms with E-state index in [2.05, 4.69) is 10.3 Å². The number of benzene rings is 2. The molecule has 0 saturated heterocycles. The number of anilines is 1. The van der Waals surface area contributed by atoms with Crippen LogP contribution in [0.3, 0.4) is 0 Å². The number of aryl methyl sites for hydroxylation is 1. The summed E-state index contributed by atoms with van der Waals surface area (Å²) in [5, 5.41) is 4.36. The van der Waals surface area contributed by atoms with Crippen molar-refractivity contribution in [1.82, 2.24) is 9.97 Å². The largest absolute Gasteiger partial charge is 0.306 e. The Hall–Kier alpha value is -3.24. The van der Waals surface area contributed by atoms with Gasteiger partial charge in [0.15, 0.2) is 0 Å². The lowest BCUT2D eigenvalue weighted by molar-refractivity contribution is 0.102. The summed E-state index contributed by atoms with van der Waals surface area (Å²) in [5.74, 6) is 0.335. The first-order valence-electron chi connectivity index (χ1n) is 8.50. The summed E-state index contributed by atoms with van der Waals surface area (Å²) in [5.41, 5.74) is 3.83. The zero-order valence-electron chi connectivity index (χ0n) is 14.6. The van der Waals surface area contributed by atoms with Gasteiger partial charge in [-0.2, -0.15) is 0 Å². The minimum Gasteiger partial charge on any atom is -0.306 e. The number of halogens is 1. The Kier molecular flexibility index (Phi) is 4.57. The van der Waals surface area contributed by atoms with Gasteiger partial charge in [0.2, 0.25) is 0 Å². The normalized spacial score (nSPS) is 10.7. The molecule has 5 heteroatoms. The molecule has 0 atom stereocenters. The highest BCUT2D eigenvalue weighted by Crippen LogP contribution is 2.26. The second-order valence-electron chi connectivity index (χ2n) is 6.20. The van der Waals surface area contributed by atoms with E-state index < -0.39 is 0 Å². The highest BCUT2D eigenvalue weighted by Gasteiger charge is 2.15. The molecule has 27 heavy (non-hydrogen) atoms. The molecule has 0 radical (unpaired) electrons. The quantitative estimate of drug-likeness (QED) is 0.515. The van der Waals surface area contributed by atoms with Crippen molar-refractivity contribution >= 4 is 34.2 Å². The Balaban J connectivity index is 1.82. The van der Waals surface area contributed by atoms with E-state index in [0.29, 0.717) is 22.1 Å². The van der Waals surface area contributed by atoms with E-state index >= 15 is 0 Å². The molecule has 0 spiro atoms. The first kappa shape index (κ1) is 17.2. The highest BCUT2D eigenvalue weighted by atomic mass is 35.5. The van der Waals surface area contributed by atoms with Crippen LogP contribution < -0.4 is 5.32 Å². The lowest BCUT2D eigenvalue weighted by Crippen LogP contribution is -2.15. The topological polar surface area (TPSA) is 54.9 Å². The standard InChI is InChI=1S/C22H16ClN3O/c1-14-5-4-12-24-21(14)26-22(27)18-13-20(15-8-10-16(23)11-9-15)25-19-7-3-2-6-17(18)19/h2-13H,1H3,(H,24,26,27). The molecule has 0 fully saturated rings. The van der Waals surface area contributed by atoms with Crippen molar-refractivity contribution in [3.63, 3.8) is 0 Å². The molecular weight excluding hydrogens is 358 g/mol. The maximum atomic E-state index is 13.0. The number of pyridine rings is 2. The van der Waals surface area contributed by atoms with Gasteiger partial charge in [0.25, 0.3) is 5.91 Å². The molecule has 0 aliphatic carbocycles. The monoisotopic (exact) mass is 373 g/mol. The fraction of sp³-hybridized carbons (Fsp3) is 0.0455. The van der Waals surface area contributed by atoms with E-state index in [9.17, 15) is 4.79 Å². The summed E-state index contributed by atoms with van der Waals surface area (Å²) in [4.78, 5) is 22.0. The fourth-order valence-electron chi connectivity index (χ4n) is 2.92. The SMILES string of the molecule is Cc1cccnc1NC(=O)c1cc(-c2ccc(Cl)cc2)nc2ccccc12. The zero-order valence-corrected chi connectivity index (χ0v) is 15.4. The van der Waals surface area contributed by atoms with Crippen LogP contribution in [0.5, 0.6) is 0 Å². The number of carbonyl (C=O) groups is 1. The molecule has 0 unspecified atom stereocenters. The Morgan fingerprint density at radius 2 is 1.78 bits per heavy atom. The lowest BCUT2D eigenvalue weighted by atomic mass is 10.0. The third-order valence-corrected chi connectivity index (χ3v) is 4.59. The van der Waals surface area contributed by atoms with E-state index in [1.807, 2.05) is 67.6 Å². The molecule has 2 aromatic heterocycles. The maximum Gasteiger partial charge on any atom is 0.257 e. The summed E-state index contributed by atoms with van der Waals surface area (Å²) in [7, 11) is 0. The molecule has 2 aromatic carbocycles. The van der Waals surface area contributed by atoms with Crippen LogP contribution in [0.15, 0.2) is 72.9 Å². The minimum atomic E-state index is -0.217. The molecular formula is C22H16ClN3O. The van der Waals surface area contributed by atoms with Gasteiger partial charge in [-0.3, -0.25) is 4.79 Å². The average Bonchev–Trinajstić information content (AvgIpc) is 2.69. The van der Waals surface area contributed by atoms with Crippen LogP contribution in [-0.4, -0.2) is 15.9 Å². The fourth-order valence-corrected chi connectivity index (χ4v) is 3.05. The minimum absolute atomic E-state index is 0.217. The molecule has 4 nitrogen and oxygen atoms in total. The van der Waals surface area contributed by atoms with Crippen LogP contribution >= 0.6 is 11.6 Å². The van der Waals surface area contributed by atoms with Crippen LogP contribution in [0, 0.1) is 6.92 Å². The molecule has 132 valence electrons. The van der Waals surface area contributed by atoms with Crippen molar-refractivity contribution in [2.75, 3.05) is 5.32 Å². The number of nitrogens with one attached hydrogen (secondary N) is 1. The predicted octanol–water partition coefficient (Wildman–Crippen LogP) is 5.51. The van der Waals surface area contributed by atoms with Crippen LogP contribution in [0.2, 0.25) is 5.02 Å². The van der Waals surface area contributed by atoms with Gasteiger partial charge >= 0.3 is 0 Å². The highest BCUT2D eigenvalue weighted by molar-refractivity contribution is 6.30. The Morgan fingerprint density at radius 3 is 2.56 bits per heavy atom. The lowest BCUT2D eigenvalue weighted by Gasteiger charge is -2.11. The van der Waals surface area contributed by atoms with Gasteiger partial charge in [-0.05, 0) is 42.8 Å². The summed E-state index contributed by atoms with van der Waals surface area (Å²) >= 11 is 5.99. The Labute approximate surface area is 161 Å². The Morgan fingerprint density at radius 1 is 1.00 bits per heavy atom. The molecule has 0 bridgehead atoms. The second kappa shape index (κ2) is 7.17. The number of hydrogen-bond donors (Lipinski definition) is 1. The Bertz CT molecular complexity index is 1140. The van der Waals surface area contributed by atoms with Gasteiger partial charge in [0, 0.05) is 22.2 Å². The van der Waals surface area contributed by atoms with Gasteiger partial charge in [-0.25, -0.2) is 9.97 Å². The third-order valence-electron chi connectivity index (χ3n) is 4.34. The average molecular weight is 374 g/mol. The van der Waals surface area contributed by atoms with Gasteiger partial charge in [0.1, 0.15) is 5.82 Å². The smallest absolute Gasteiger partial charge is 0.257 e. The van der Waals surface area contributed by atoms with E-state index in [0.717, 1.165) is 22.0 Å².